The quantitative estimate of drug-likeness (QED) is 0.209. The van der Waals surface area contributed by atoms with Gasteiger partial charge in [-0.25, -0.2) is 0 Å². The van der Waals surface area contributed by atoms with E-state index in [2.05, 4.69) is 41.0 Å². The predicted molar refractivity (Wildman–Crippen MR) is 153 cm³/mol. The Balaban J connectivity index is 1.33. The summed E-state index contributed by atoms with van der Waals surface area (Å²) < 4.78 is 2.18. The van der Waals surface area contributed by atoms with Crippen LogP contribution >= 0.6 is 35.0 Å². The summed E-state index contributed by atoms with van der Waals surface area (Å²) in [6, 6.07) is 28.0. The maximum atomic E-state index is 13.2. The number of nitrogens with zero attached hydrogens (tertiary/aromatic N) is 2. The van der Waals surface area contributed by atoms with Crippen molar-refractivity contribution in [3.8, 4) is 0 Å². The molecule has 2 amide bonds. The lowest BCUT2D eigenvalue weighted by molar-refractivity contribution is -0.123. The van der Waals surface area contributed by atoms with Crippen LogP contribution in [0.5, 0.6) is 0 Å². The van der Waals surface area contributed by atoms with Crippen LogP contribution in [0.4, 0.5) is 4.79 Å². The molecule has 6 rings (SSSR count). The summed E-state index contributed by atoms with van der Waals surface area (Å²) in [5.74, 6) is -0.350. The zero-order valence-electron chi connectivity index (χ0n) is 19.5. The maximum absolute atomic E-state index is 13.2. The van der Waals surface area contributed by atoms with Gasteiger partial charge in [0, 0.05) is 44.8 Å². The minimum Gasteiger partial charge on any atom is -0.342 e. The van der Waals surface area contributed by atoms with E-state index >= 15 is 0 Å². The van der Waals surface area contributed by atoms with E-state index in [1.165, 1.54) is 21.2 Å². The van der Waals surface area contributed by atoms with Crippen LogP contribution in [0.3, 0.4) is 0 Å². The standard InChI is InChI=1S/C30H20Cl2N2O2S/c31-25-9-5-10-26(32)24(25)18-34-29(35)28(37-30(34)36)15-22-17-33(27-11-4-3-8-23(22)27)16-19-12-13-20-6-1-2-7-21(20)14-19/h1-15,17H,16,18H2/b28-15-. The van der Waals surface area contributed by atoms with Crippen molar-refractivity contribution >= 4 is 73.9 Å². The average molecular weight is 543 g/mol. The SMILES string of the molecule is O=C1S/C(=C\c2cn(Cc3ccc4ccccc4c3)c3ccccc23)C(=O)N1Cc1c(Cl)cccc1Cl. The van der Waals surface area contributed by atoms with Crippen molar-refractivity contribution in [1.82, 2.24) is 9.47 Å². The molecule has 4 aromatic carbocycles. The molecule has 37 heavy (non-hydrogen) atoms. The highest BCUT2D eigenvalue weighted by Gasteiger charge is 2.36. The van der Waals surface area contributed by atoms with Crippen LogP contribution in [-0.2, 0) is 17.9 Å². The number of halogens is 2. The number of aromatic nitrogens is 1. The lowest BCUT2D eigenvalue weighted by Crippen LogP contribution is -2.27. The van der Waals surface area contributed by atoms with Gasteiger partial charge < -0.3 is 4.57 Å². The van der Waals surface area contributed by atoms with Crippen molar-refractivity contribution in [3.63, 3.8) is 0 Å². The number of imide groups is 1. The Morgan fingerprint density at radius 1 is 0.784 bits per heavy atom. The van der Waals surface area contributed by atoms with Crippen LogP contribution in [0.25, 0.3) is 27.8 Å². The molecule has 2 heterocycles. The number of benzene rings is 4. The molecule has 0 atom stereocenters. The number of thioether (sulfide) groups is 1. The molecule has 1 saturated heterocycles. The Hall–Kier alpha value is -3.51. The van der Waals surface area contributed by atoms with Crippen LogP contribution in [0.2, 0.25) is 10.0 Å². The van der Waals surface area contributed by atoms with E-state index in [1.54, 1.807) is 24.3 Å². The van der Waals surface area contributed by atoms with Crippen molar-refractivity contribution in [2.24, 2.45) is 0 Å². The van der Waals surface area contributed by atoms with Crippen LogP contribution in [-0.4, -0.2) is 20.6 Å². The molecule has 0 aliphatic carbocycles. The van der Waals surface area contributed by atoms with Crippen molar-refractivity contribution in [2.45, 2.75) is 13.1 Å². The number of carbonyl (C=O) groups excluding carboxylic acids is 2. The number of fused-ring (bicyclic) bond motifs is 2. The number of carbonyl (C=O) groups is 2. The van der Waals surface area contributed by atoms with Gasteiger partial charge in [0.2, 0.25) is 0 Å². The first-order valence-electron chi connectivity index (χ1n) is 11.7. The van der Waals surface area contributed by atoms with Crippen molar-refractivity contribution < 1.29 is 9.59 Å². The third-order valence-corrected chi connectivity index (χ3v) is 8.14. The van der Waals surface area contributed by atoms with E-state index in [1.807, 2.05) is 36.5 Å². The molecule has 0 unspecified atom stereocenters. The second-order valence-corrected chi connectivity index (χ2v) is 10.7. The second kappa shape index (κ2) is 9.75. The lowest BCUT2D eigenvalue weighted by atomic mass is 10.1. The van der Waals surface area contributed by atoms with Gasteiger partial charge in [0.1, 0.15) is 0 Å². The average Bonchev–Trinajstić information content (AvgIpc) is 3.37. The zero-order valence-corrected chi connectivity index (χ0v) is 21.9. The van der Waals surface area contributed by atoms with E-state index in [4.69, 9.17) is 23.2 Å². The van der Waals surface area contributed by atoms with E-state index in [9.17, 15) is 9.59 Å². The molecule has 1 fully saturated rings. The van der Waals surface area contributed by atoms with Crippen LogP contribution in [0.1, 0.15) is 16.7 Å². The van der Waals surface area contributed by atoms with Crippen molar-refractivity contribution in [2.75, 3.05) is 0 Å². The highest BCUT2D eigenvalue weighted by atomic mass is 35.5. The normalized spacial score (nSPS) is 15.0. The third-order valence-electron chi connectivity index (χ3n) is 6.52. The van der Waals surface area contributed by atoms with Gasteiger partial charge >= 0.3 is 0 Å². The lowest BCUT2D eigenvalue weighted by Gasteiger charge is -2.14. The molecule has 0 saturated carbocycles. The van der Waals surface area contributed by atoms with Gasteiger partial charge in [0.15, 0.2) is 0 Å². The molecule has 0 radical (unpaired) electrons. The van der Waals surface area contributed by atoms with E-state index in [0.717, 1.165) is 28.2 Å². The van der Waals surface area contributed by atoms with Crippen molar-refractivity contribution in [1.29, 1.82) is 0 Å². The Morgan fingerprint density at radius 3 is 2.32 bits per heavy atom. The monoisotopic (exact) mass is 542 g/mol. The van der Waals surface area contributed by atoms with Gasteiger partial charge in [-0.3, -0.25) is 14.5 Å². The van der Waals surface area contributed by atoms with E-state index in [-0.39, 0.29) is 17.7 Å². The summed E-state index contributed by atoms with van der Waals surface area (Å²) in [6.45, 7) is 0.718. The summed E-state index contributed by atoms with van der Waals surface area (Å²) in [5.41, 5.74) is 3.69. The molecule has 1 aliphatic rings. The molecule has 0 spiro atoms. The molecule has 5 aromatic rings. The number of rotatable bonds is 5. The summed E-state index contributed by atoms with van der Waals surface area (Å²) in [7, 11) is 0. The van der Waals surface area contributed by atoms with Gasteiger partial charge in [-0.1, -0.05) is 83.9 Å². The van der Waals surface area contributed by atoms with Gasteiger partial charge in [-0.15, -0.1) is 0 Å². The van der Waals surface area contributed by atoms with Crippen LogP contribution in [0.15, 0.2) is 96.0 Å². The highest BCUT2D eigenvalue weighted by Crippen LogP contribution is 2.37. The second-order valence-electron chi connectivity index (χ2n) is 8.88. The van der Waals surface area contributed by atoms with E-state index < -0.39 is 0 Å². The fourth-order valence-corrected chi connectivity index (χ4v) is 6.02. The van der Waals surface area contributed by atoms with Crippen molar-refractivity contribution in [3.05, 3.63) is 123 Å². The van der Waals surface area contributed by atoms with Gasteiger partial charge in [-0.2, -0.15) is 0 Å². The summed E-state index contributed by atoms with van der Waals surface area (Å²) in [6.07, 6.45) is 3.84. The zero-order chi connectivity index (χ0) is 25.5. The maximum Gasteiger partial charge on any atom is 0.293 e. The number of hydrogen-bond donors (Lipinski definition) is 0. The van der Waals surface area contributed by atoms with E-state index in [0.29, 0.717) is 27.1 Å². The fraction of sp³-hybridized carbons (Fsp3) is 0.0667. The van der Waals surface area contributed by atoms with Gasteiger partial charge in [0.05, 0.1) is 11.4 Å². The Labute approximate surface area is 228 Å². The molecule has 4 nitrogen and oxygen atoms in total. The molecular weight excluding hydrogens is 523 g/mol. The molecule has 1 aromatic heterocycles. The molecule has 7 heteroatoms. The fourth-order valence-electron chi connectivity index (χ4n) is 4.67. The summed E-state index contributed by atoms with van der Waals surface area (Å²) >= 11 is 13.5. The molecule has 1 aliphatic heterocycles. The summed E-state index contributed by atoms with van der Waals surface area (Å²) in [5, 5.41) is 3.93. The Kier molecular flexibility index (Phi) is 6.29. The third kappa shape index (κ3) is 4.55. The topological polar surface area (TPSA) is 42.3 Å². The number of para-hydroxylation sites is 1. The number of amides is 2. The molecule has 0 N–H and O–H groups in total. The predicted octanol–water partition coefficient (Wildman–Crippen LogP) is 8.39. The van der Waals surface area contributed by atoms with Crippen LogP contribution < -0.4 is 0 Å². The minimum atomic E-state index is -0.350. The number of hydrogen-bond acceptors (Lipinski definition) is 3. The Bertz CT molecular complexity index is 1720. The first kappa shape index (κ1) is 23.9. The molecule has 182 valence electrons. The van der Waals surface area contributed by atoms with Gasteiger partial charge in [-0.05, 0) is 58.4 Å². The Morgan fingerprint density at radius 2 is 1.51 bits per heavy atom. The largest absolute Gasteiger partial charge is 0.342 e. The molecular formula is C30H20Cl2N2O2S. The van der Waals surface area contributed by atoms with Crippen LogP contribution in [0, 0.1) is 0 Å². The highest BCUT2D eigenvalue weighted by molar-refractivity contribution is 8.18. The molecule has 0 bridgehead atoms. The van der Waals surface area contributed by atoms with Gasteiger partial charge in [0.25, 0.3) is 11.1 Å². The minimum absolute atomic E-state index is 0.0320. The smallest absolute Gasteiger partial charge is 0.293 e. The summed E-state index contributed by atoms with van der Waals surface area (Å²) in [4.78, 5) is 27.6. The first-order valence-corrected chi connectivity index (χ1v) is 13.3. The first-order chi connectivity index (χ1) is 18.0.